The summed E-state index contributed by atoms with van der Waals surface area (Å²) >= 11 is 1.35. The fourth-order valence-electron chi connectivity index (χ4n) is 1.61. The van der Waals surface area contributed by atoms with E-state index < -0.39 is 0 Å². The van der Waals surface area contributed by atoms with E-state index in [1.165, 1.54) is 11.3 Å². The van der Waals surface area contributed by atoms with Crippen molar-refractivity contribution in [1.82, 2.24) is 19.8 Å². The zero-order chi connectivity index (χ0) is 13.0. The Labute approximate surface area is 109 Å². The third-order valence-corrected chi connectivity index (χ3v) is 3.35. The molecule has 0 saturated carbocycles. The first-order valence-electron chi connectivity index (χ1n) is 6.25. The quantitative estimate of drug-likeness (QED) is 0.871. The summed E-state index contributed by atoms with van der Waals surface area (Å²) in [7, 11) is 0. The molecule has 0 radical (unpaired) electrons. The van der Waals surface area contributed by atoms with E-state index >= 15 is 0 Å². The molecule has 1 amide bonds. The summed E-state index contributed by atoms with van der Waals surface area (Å²) in [6, 6.07) is 0. The van der Waals surface area contributed by atoms with E-state index in [2.05, 4.69) is 34.5 Å². The summed E-state index contributed by atoms with van der Waals surface area (Å²) in [5, 5.41) is 15.8. The lowest BCUT2D eigenvalue weighted by atomic mass is 10.2. The number of rotatable bonds is 6. The molecule has 6 nitrogen and oxygen atoms in total. The van der Waals surface area contributed by atoms with Crippen molar-refractivity contribution in [1.29, 1.82) is 0 Å². The van der Waals surface area contributed by atoms with Crippen LogP contribution in [0.15, 0.2) is 0 Å². The fraction of sp³-hybridized carbons (Fsp3) is 0.636. The van der Waals surface area contributed by atoms with Crippen LogP contribution in [0.3, 0.4) is 0 Å². The Morgan fingerprint density at radius 1 is 1.33 bits per heavy atom. The lowest BCUT2D eigenvalue weighted by molar-refractivity contribution is -0.116. The minimum atomic E-state index is 0.0128. The highest BCUT2D eigenvalue weighted by Crippen LogP contribution is 2.19. The molecule has 2 aromatic heterocycles. The van der Waals surface area contributed by atoms with E-state index in [4.69, 9.17) is 0 Å². The molecule has 0 bridgehead atoms. The van der Waals surface area contributed by atoms with Crippen molar-refractivity contribution in [2.24, 2.45) is 0 Å². The second kappa shape index (κ2) is 5.90. The van der Waals surface area contributed by atoms with Gasteiger partial charge in [0.25, 0.3) is 0 Å². The highest BCUT2D eigenvalue weighted by atomic mass is 32.1. The molecule has 0 fully saturated rings. The molecule has 7 heteroatoms. The first-order chi connectivity index (χ1) is 8.74. The van der Waals surface area contributed by atoms with Gasteiger partial charge in [0.05, 0.1) is 0 Å². The summed E-state index contributed by atoms with van der Waals surface area (Å²) in [4.78, 5) is 12.3. The number of aromatic nitrogens is 4. The molecule has 0 aliphatic rings. The van der Waals surface area contributed by atoms with Gasteiger partial charge in [-0.2, -0.15) is 4.52 Å². The largest absolute Gasteiger partial charge is 0.301 e. The Kier molecular flexibility index (Phi) is 4.24. The van der Waals surface area contributed by atoms with Crippen molar-refractivity contribution in [3.05, 3.63) is 5.82 Å². The van der Waals surface area contributed by atoms with Crippen molar-refractivity contribution in [2.45, 2.75) is 46.0 Å². The molecule has 18 heavy (non-hydrogen) atoms. The average Bonchev–Trinajstić information content (AvgIpc) is 2.89. The summed E-state index contributed by atoms with van der Waals surface area (Å²) < 4.78 is 1.71. The summed E-state index contributed by atoms with van der Waals surface area (Å²) in [6.07, 6.45) is 4.29. The van der Waals surface area contributed by atoms with E-state index in [-0.39, 0.29) is 5.91 Å². The standard InChI is InChI=1S/C11H17N5OS/c1-3-5-7-9(17)12-10-15-16-8(6-4-2)13-14-11(16)18-10/h3-7H2,1-2H3,(H,12,15,17). The number of unbranched alkanes of at least 4 members (excludes halogenated alkanes) is 1. The normalized spacial score (nSPS) is 11.0. The number of hydrogen-bond acceptors (Lipinski definition) is 5. The maximum Gasteiger partial charge on any atom is 0.236 e. The topological polar surface area (TPSA) is 72.2 Å². The zero-order valence-corrected chi connectivity index (χ0v) is 11.5. The number of carbonyl (C=O) groups is 1. The molecule has 0 unspecified atom stereocenters. The molecule has 0 saturated heterocycles. The van der Waals surface area contributed by atoms with Gasteiger partial charge in [-0.3, -0.25) is 4.79 Å². The number of hydrogen-bond donors (Lipinski definition) is 1. The molecule has 0 aliphatic heterocycles. The van der Waals surface area contributed by atoms with Gasteiger partial charge in [-0.05, 0) is 12.8 Å². The van der Waals surface area contributed by atoms with Gasteiger partial charge in [-0.25, -0.2) is 0 Å². The SMILES string of the molecule is CCCCC(=O)Nc1nn2c(CCC)nnc2s1. The average molecular weight is 267 g/mol. The molecule has 0 spiro atoms. The predicted octanol–water partition coefficient (Wildman–Crippen LogP) is 2.27. The zero-order valence-electron chi connectivity index (χ0n) is 10.6. The minimum Gasteiger partial charge on any atom is -0.301 e. The van der Waals surface area contributed by atoms with E-state index in [0.29, 0.717) is 11.6 Å². The third kappa shape index (κ3) is 2.84. The van der Waals surface area contributed by atoms with Gasteiger partial charge in [0.15, 0.2) is 5.82 Å². The Hall–Kier alpha value is -1.50. The van der Waals surface area contributed by atoms with E-state index in [0.717, 1.165) is 36.5 Å². The molecule has 1 N–H and O–H groups in total. The van der Waals surface area contributed by atoms with Gasteiger partial charge >= 0.3 is 0 Å². The van der Waals surface area contributed by atoms with Crippen LogP contribution < -0.4 is 5.32 Å². The van der Waals surface area contributed by atoms with Crippen molar-refractivity contribution >= 4 is 27.3 Å². The summed E-state index contributed by atoms with van der Waals surface area (Å²) in [6.45, 7) is 4.15. The van der Waals surface area contributed by atoms with E-state index in [1.54, 1.807) is 4.52 Å². The van der Waals surface area contributed by atoms with Crippen LogP contribution in [-0.2, 0) is 11.2 Å². The van der Waals surface area contributed by atoms with Crippen molar-refractivity contribution < 1.29 is 4.79 Å². The highest BCUT2D eigenvalue weighted by molar-refractivity contribution is 7.20. The Morgan fingerprint density at radius 3 is 2.89 bits per heavy atom. The van der Waals surface area contributed by atoms with Gasteiger partial charge in [0.2, 0.25) is 16.0 Å². The Morgan fingerprint density at radius 2 is 2.17 bits per heavy atom. The molecular formula is C11H17N5OS. The first kappa shape index (κ1) is 12.9. The summed E-state index contributed by atoms with van der Waals surface area (Å²) in [5.41, 5.74) is 0. The smallest absolute Gasteiger partial charge is 0.236 e. The lowest BCUT2D eigenvalue weighted by Gasteiger charge is -1.98. The molecule has 2 rings (SSSR count). The molecule has 2 heterocycles. The van der Waals surface area contributed by atoms with Crippen molar-refractivity contribution in [3.8, 4) is 0 Å². The van der Waals surface area contributed by atoms with Crippen LogP contribution in [0.25, 0.3) is 4.96 Å². The van der Waals surface area contributed by atoms with Crippen LogP contribution in [0.2, 0.25) is 0 Å². The van der Waals surface area contributed by atoms with E-state index in [1.807, 2.05) is 0 Å². The second-order valence-corrected chi connectivity index (χ2v) is 5.08. The molecule has 0 aromatic carbocycles. The second-order valence-electron chi connectivity index (χ2n) is 4.12. The molecule has 0 atom stereocenters. The number of nitrogens with zero attached hydrogens (tertiary/aromatic N) is 4. The van der Waals surface area contributed by atoms with Crippen LogP contribution in [0.5, 0.6) is 0 Å². The van der Waals surface area contributed by atoms with Gasteiger partial charge in [-0.15, -0.1) is 15.3 Å². The highest BCUT2D eigenvalue weighted by Gasteiger charge is 2.12. The maximum atomic E-state index is 11.6. The molecular weight excluding hydrogens is 250 g/mol. The van der Waals surface area contributed by atoms with Crippen LogP contribution in [0.1, 0.15) is 45.4 Å². The number of nitrogens with one attached hydrogen (secondary N) is 1. The van der Waals surface area contributed by atoms with Crippen LogP contribution >= 0.6 is 11.3 Å². The van der Waals surface area contributed by atoms with Crippen LogP contribution in [-0.4, -0.2) is 25.7 Å². The third-order valence-electron chi connectivity index (χ3n) is 2.53. The number of fused-ring (bicyclic) bond motifs is 1. The Balaban J connectivity index is 2.08. The van der Waals surface area contributed by atoms with E-state index in [9.17, 15) is 4.79 Å². The summed E-state index contributed by atoms with van der Waals surface area (Å²) in [5.74, 6) is 0.858. The van der Waals surface area contributed by atoms with Gasteiger partial charge in [0, 0.05) is 12.8 Å². The Bertz CT molecular complexity index is 533. The van der Waals surface area contributed by atoms with Crippen molar-refractivity contribution in [3.63, 3.8) is 0 Å². The fourth-order valence-corrected chi connectivity index (χ4v) is 2.38. The lowest BCUT2D eigenvalue weighted by Crippen LogP contribution is -2.11. The predicted molar refractivity (Wildman–Crippen MR) is 70.8 cm³/mol. The van der Waals surface area contributed by atoms with Gasteiger partial charge in [-0.1, -0.05) is 31.6 Å². The number of amides is 1. The monoisotopic (exact) mass is 267 g/mol. The van der Waals surface area contributed by atoms with Crippen LogP contribution in [0, 0.1) is 0 Å². The minimum absolute atomic E-state index is 0.0128. The number of carbonyl (C=O) groups excluding carboxylic acids is 1. The van der Waals surface area contributed by atoms with Crippen LogP contribution in [0.4, 0.5) is 5.13 Å². The molecule has 98 valence electrons. The maximum absolute atomic E-state index is 11.6. The molecule has 2 aromatic rings. The molecule has 0 aliphatic carbocycles. The van der Waals surface area contributed by atoms with Gasteiger partial charge in [0.1, 0.15) is 0 Å². The number of anilines is 1. The van der Waals surface area contributed by atoms with Crippen molar-refractivity contribution in [2.75, 3.05) is 5.32 Å². The first-order valence-corrected chi connectivity index (χ1v) is 7.07. The van der Waals surface area contributed by atoms with Gasteiger partial charge < -0.3 is 5.32 Å². The number of aryl methyl sites for hydroxylation is 1.